The van der Waals surface area contributed by atoms with Gasteiger partial charge in [0.2, 0.25) is 0 Å². The van der Waals surface area contributed by atoms with Gasteiger partial charge < -0.3 is 10.6 Å². The van der Waals surface area contributed by atoms with Crippen LogP contribution in [-0.4, -0.2) is 34.1 Å². The maximum atomic E-state index is 4.61. The minimum atomic E-state index is 0.529. The number of anilines is 2. The predicted octanol–water partition coefficient (Wildman–Crippen LogP) is 3.61. The summed E-state index contributed by atoms with van der Waals surface area (Å²) < 4.78 is 0. The van der Waals surface area contributed by atoms with Crippen molar-refractivity contribution in [1.82, 2.24) is 9.97 Å². The molecule has 0 spiro atoms. The topological polar surface area (TPSA) is 49.8 Å². The van der Waals surface area contributed by atoms with Crippen molar-refractivity contribution in [2.75, 3.05) is 23.4 Å². The SMILES string of the molecule is CCNc1nc(C)nc(NC2CCCCC2SC)c1C. The van der Waals surface area contributed by atoms with Gasteiger partial charge >= 0.3 is 0 Å². The molecule has 1 aromatic heterocycles. The molecule has 2 N–H and O–H groups in total. The number of aryl methyl sites for hydroxylation is 1. The Morgan fingerprint density at radius 3 is 2.55 bits per heavy atom. The van der Waals surface area contributed by atoms with Gasteiger partial charge in [0.15, 0.2) is 0 Å². The number of nitrogens with zero attached hydrogens (tertiary/aromatic N) is 2. The van der Waals surface area contributed by atoms with Crippen molar-refractivity contribution in [1.29, 1.82) is 0 Å². The molecule has 112 valence electrons. The molecule has 0 amide bonds. The summed E-state index contributed by atoms with van der Waals surface area (Å²) >= 11 is 1.98. The van der Waals surface area contributed by atoms with Gasteiger partial charge in [0.05, 0.1) is 0 Å². The molecule has 0 aliphatic heterocycles. The van der Waals surface area contributed by atoms with E-state index < -0.39 is 0 Å². The van der Waals surface area contributed by atoms with Gasteiger partial charge in [0.1, 0.15) is 17.5 Å². The van der Waals surface area contributed by atoms with E-state index in [-0.39, 0.29) is 0 Å². The third kappa shape index (κ3) is 3.57. The highest BCUT2D eigenvalue weighted by Crippen LogP contribution is 2.30. The molecule has 1 aromatic rings. The molecule has 0 bridgehead atoms. The molecule has 2 rings (SSSR count). The standard InChI is InChI=1S/C15H26N4S/c1-5-16-14-10(2)15(18-11(3)17-14)19-12-8-6-7-9-13(12)20-4/h12-13H,5-9H2,1-4H3,(H2,16,17,18,19). The normalized spacial score (nSPS) is 22.6. The van der Waals surface area contributed by atoms with Crippen LogP contribution in [0.4, 0.5) is 11.6 Å². The number of thioether (sulfide) groups is 1. The maximum absolute atomic E-state index is 4.61. The first-order valence-electron chi connectivity index (χ1n) is 7.54. The second-order valence-corrected chi connectivity index (χ2v) is 6.51. The number of hydrogen-bond donors (Lipinski definition) is 2. The Morgan fingerprint density at radius 2 is 1.85 bits per heavy atom. The van der Waals surface area contributed by atoms with E-state index in [9.17, 15) is 0 Å². The van der Waals surface area contributed by atoms with Crippen LogP contribution in [0.1, 0.15) is 44.0 Å². The minimum absolute atomic E-state index is 0.529. The van der Waals surface area contributed by atoms with Crippen molar-refractivity contribution in [3.63, 3.8) is 0 Å². The molecule has 4 nitrogen and oxygen atoms in total. The molecule has 0 aromatic carbocycles. The fourth-order valence-corrected chi connectivity index (χ4v) is 3.76. The van der Waals surface area contributed by atoms with Gasteiger partial charge in [0, 0.05) is 23.4 Å². The van der Waals surface area contributed by atoms with Crippen molar-refractivity contribution in [2.24, 2.45) is 0 Å². The Hall–Kier alpha value is -0.970. The first-order chi connectivity index (χ1) is 9.65. The van der Waals surface area contributed by atoms with Crippen LogP contribution in [0.25, 0.3) is 0 Å². The number of hydrogen-bond acceptors (Lipinski definition) is 5. The summed E-state index contributed by atoms with van der Waals surface area (Å²) in [5, 5.41) is 7.70. The average Bonchev–Trinajstić information content (AvgIpc) is 2.44. The van der Waals surface area contributed by atoms with Crippen molar-refractivity contribution in [3.8, 4) is 0 Å². The Morgan fingerprint density at radius 1 is 1.15 bits per heavy atom. The Balaban J connectivity index is 2.19. The predicted molar refractivity (Wildman–Crippen MR) is 88.9 cm³/mol. The van der Waals surface area contributed by atoms with Crippen LogP contribution < -0.4 is 10.6 Å². The molecule has 1 fully saturated rings. The van der Waals surface area contributed by atoms with Gasteiger partial charge in [-0.15, -0.1) is 0 Å². The van der Waals surface area contributed by atoms with E-state index in [2.05, 4.69) is 40.7 Å². The first kappa shape index (κ1) is 15.4. The molecule has 1 aliphatic carbocycles. The van der Waals surface area contributed by atoms with E-state index in [0.29, 0.717) is 11.3 Å². The van der Waals surface area contributed by atoms with Crippen LogP contribution >= 0.6 is 11.8 Å². The maximum Gasteiger partial charge on any atom is 0.135 e. The summed E-state index contributed by atoms with van der Waals surface area (Å²) in [7, 11) is 0. The third-order valence-electron chi connectivity index (χ3n) is 3.93. The smallest absolute Gasteiger partial charge is 0.135 e. The average molecular weight is 294 g/mol. The van der Waals surface area contributed by atoms with Crippen molar-refractivity contribution >= 4 is 23.4 Å². The molecular formula is C15H26N4S. The van der Waals surface area contributed by atoms with Gasteiger partial charge in [0.25, 0.3) is 0 Å². The number of nitrogens with one attached hydrogen (secondary N) is 2. The molecule has 2 atom stereocenters. The summed E-state index contributed by atoms with van der Waals surface area (Å²) in [5.41, 5.74) is 1.13. The van der Waals surface area contributed by atoms with E-state index in [1.807, 2.05) is 18.7 Å². The molecule has 0 radical (unpaired) electrons. The zero-order chi connectivity index (χ0) is 14.5. The van der Waals surface area contributed by atoms with Gasteiger partial charge in [-0.3, -0.25) is 0 Å². The van der Waals surface area contributed by atoms with E-state index in [0.717, 1.165) is 29.6 Å². The lowest BCUT2D eigenvalue weighted by molar-refractivity contribution is 0.474. The largest absolute Gasteiger partial charge is 0.370 e. The highest BCUT2D eigenvalue weighted by Gasteiger charge is 2.25. The van der Waals surface area contributed by atoms with Crippen molar-refractivity contribution < 1.29 is 0 Å². The minimum Gasteiger partial charge on any atom is -0.370 e. The molecule has 5 heteroatoms. The lowest BCUT2D eigenvalue weighted by Crippen LogP contribution is -2.35. The van der Waals surface area contributed by atoms with Gasteiger partial charge in [-0.25, -0.2) is 9.97 Å². The molecule has 1 heterocycles. The zero-order valence-corrected chi connectivity index (χ0v) is 13.8. The summed E-state index contributed by atoms with van der Waals surface area (Å²) in [6, 6.07) is 0.529. The Bertz CT molecular complexity index is 450. The molecule has 1 saturated carbocycles. The van der Waals surface area contributed by atoms with E-state index in [1.54, 1.807) is 0 Å². The van der Waals surface area contributed by atoms with Crippen LogP contribution in [-0.2, 0) is 0 Å². The second kappa shape index (κ2) is 7.16. The van der Waals surface area contributed by atoms with E-state index >= 15 is 0 Å². The molecule has 2 unspecified atom stereocenters. The molecule has 1 aliphatic rings. The molecular weight excluding hydrogens is 268 g/mol. The van der Waals surface area contributed by atoms with Crippen molar-refractivity contribution in [2.45, 2.75) is 57.7 Å². The van der Waals surface area contributed by atoms with E-state index in [4.69, 9.17) is 0 Å². The summed E-state index contributed by atoms with van der Waals surface area (Å²) in [4.78, 5) is 9.09. The fraction of sp³-hybridized carbons (Fsp3) is 0.733. The highest BCUT2D eigenvalue weighted by atomic mass is 32.2. The van der Waals surface area contributed by atoms with Crippen LogP contribution in [0.5, 0.6) is 0 Å². The second-order valence-electron chi connectivity index (χ2n) is 5.43. The van der Waals surface area contributed by atoms with Gasteiger partial charge in [-0.1, -0.05) is 12.8 Å². The molecule has 20 heavy (non-hydrogen) atoms. The van der Waals surface area contributed by atoms with E-state index in [1.165, 1.54) is 25.7 Å². The summed E-state index contributed by atoms with van der Waals surface area (Å²) in [5.74, 6) is 2.78. The highest BCUT2D eigenvalue weighted by molar-refractivity contribution is 7.99. The van der Waals surface area contributed by atoms with Crippen LogP contribution in [0.15, 0.2) is 0 Å². The fourth-order valence-electron chi connectivity index (χ4n) is 2.83. The van der Waals surface area contributed by atoms with Gasteiger partial charge in [-0.2, -0.15) is 11.8 Å². The number of aromatic nitrogens is 2. The zero-order valence-electron chi connectivity index (χ0n) is 13.0. The third-order valence-corrected chi connectivity index (χ3v) is 5.10. The summed E-state index contributed by atoms with van der Waals surface area (Å²) in [6.45, 7) is 7.03. The lowest BCUT2D eigenvalue weighted by Gasteiger charge is -2.32. The summed E-state index contributed by atoms with van der Waals surface area (Å²) in [6.07, 6.45) is 7.44. The quantitative estimate of drug-likeness (QED) is 0.869. The Labute approximate surface area is 126 Å². The Kier molecular flexibility index (Phi) is 5.52. The molecule has 0 saturated heterocycles. The van der Waals surface area contributed by atoms with Crippen LogP contribution in [0.3, 0.4) is 0 Å². The number of rotatable bonds is 5. The monoisotopic (exact) mass is 294 g/mol. The van der Waals surface area contributed by atoms with Gasteiger partial charge in [-0.05, 0) is 39.9 Å². The first-order valence-corrected chi connectivity index (χ1v) is 8.83. The lowest BCUT2D eigenvalue weighted by atomic mass is 9.94. The van der Waals surface area contributed by atoms with Crippen LogP contribution in [0.2, 0.25) is 0 Å². The van der Waals surface area contributed by atoms with Crippen molar-refractivity contribution in [3.05, 3.63) is 11.4 Å². The van der Waals surface area contributed by atoms with Crippen LogP contribution in [0, 0.1) is 13.8 Å².